The molecule has 0 atom stereocenters. The zero-order valence-corrected chi connectivity index (χ0v) is 6.62. The second kappa shape index (κ2) is 3.25. The molecule has 0 aliphatic rings. The normalized spacial score (nSPS) is 14.0. The third kappa shape index (κ3) is 7150. The van der Waals surface area contributed by atoms with Crippen molar-refractivity contribution < 1.29 is 22.6 Å². The molecule has 0 heterocycles. The average molecular weight is 199 g/mol. The minimum absolute atomic E-state index is 0.833. The molecule has 0 spiro atoms. The van der Waals surface area contributed by atoms with Gasteiger partial charge in [-0.15, -0.1) is 0 Å². The molecular weight excluding hydrogens is 185 g/mol. The van der Waals surface area contributed by atoms with Crippen molar-refractivity contribution in [2.75, 3.05) is 0 Å². The molecule has 0 saturated carbocycles. The summed E-state index contributed by atoms with van der Waals surface area (Å²) in [7, 11) is 0. The summed E-state index contributed by atoms with van der Waals surface area (Å²) >= 11 is -3.54. The molecule has 0 fully saturated rings. The fourth-order valence-electron chi connectivity index (χ4n) is 0. The quantitative estimate of drug-likeness (QED) is 0.243. The number of rotatable bonds is 0. The van der Waals surface area contributed by atoms with E-state index in [-0.39, 0.29) is 0 Å². The molecule has 11 N–H and O–H groups in total. The molecule has 0 saturated heterocycles. The van der Waals surface area contributed by atoms with Crippen molar-refractivity contribution in [2.45, 2.75) is 6.92 Å². The van der Waals surface area contributed by atoms with Gasteiger partial charge in [0.15, 0.2) is 0 Å². The van der Waals surface area contributed by atoms with Crippen LogP contribution in [0.15, 0.2) is 0 Å². The van der Waals surface area contributed by atoms with Crippen LogP contribution in [0.25, 0.3) is 0 Å². The Morgan fingerprint density at radius 3 is 1.20 bits per heavy atom. The maximum absolute atomic E-state index is 9.00. The Bertz CT molecular complexity index is 104. The van der Waals surface area contributed by atoms with E-state index in [9.17, 15) is 0 Å². The van der Waals surface area contributed by atoms with E-state index in [1.807, 2.05) is 0 Å². The zero-order valence-electron chi connectivity index (χ0n) is 5.58. The van der Waals surface area contributed by atoms with Crippen LogP contribution in [-0.4, -0.2) is 11.1 Å². The summed E-state index contributed by atoms with van der Waals surface area (Å²) < 4.78 is 0. The maximum atomic E-state index is 9.00. The monoisotopic (exact) mass is 199 g/mol. The van der Waals surface area contributed by atoms with Gasteiger partial charge in [0.2, 0.25) is 0 Å². The van der Waals surface area contributed by atoms with Crippen molar-refractivity contribution >= 4 is 5.97 Å². The summed E-state index contributed by atoms with van der Waals surface area (Å²) in [5.74, 6) is -0.833. The van der Waals surface area contributed by atoms with Gasteiger partial charge in [-0.3, -0.25) is 4.79 Å². The standard InChI is InChI=1S/C2H4O2.Co.5H2N/c1-2(3)4;;;;;;/h1H3,(H,3,4);;5*1H2/q;+5;5*-1. The van der Waals surface area contributed by atoms with Gasteiger partial charge in [0.1, 0.15) is 0 Å². The summed E-state index contributed by atoms with van der Waals surface area (Å²) in [4.78, 5) is 33.2. The summed E-state index contributed by atoms with van der Waals surface area (Å²) in [5.41, 5.74) is 0. The number of aliphatic carboxylic acids is 1. The Morgan fingerprint density at radius 2 is 1.20 bits per heavy atom. The van der Waals surface area contributed by atoms with Gasteiger partial charge < -0.3 is 5.11 Å². The van der Waals surface area contributed by atoms with E-state index in [1.54, 1.807) is 0 Å². The molecule has 7 nitrogen and oxygen atoms in total. The van der Waals surface area contributed by atoms with E-state index in [0.29, 0.717) is 0 Å². The summed E-state index contributed by atoms with van der Waals surface area (Å²) in [6.45, 7) is 1.08. The van der Waals surface area contributed by atoms with Crippen molar-refractivity contribution in [3.63, 3.8) is 0 Å². The molecular formula is C2H14CoN5O2. The van der Waals surface area contributed by atoms with Crippen molar-refractivity contribution in [1.29, 1.82) is 0 Å². The summed E-state index contributed by atoms with van der Waals surface area (Å²) in [5, 5.41) is 7.42. The van der Waals surface area contributed by atoms with Crippen LogP contribution in [0.3, 0.4) is 0 Å². The number of carboxylic acids is 1. The van der Waals surface area contributed by atoms with Crippen LogP contribution in [0, 0.1) is 0 Å². The van der Waals surface area contributed by atoms with E-state index in [0.717, 1.165) is 6.92 Å². The Kier molecular flexibility index (Phi) is 4.05. The Balaban J connectivity index is 0. The van der Waals surface area contributed by atoms with Crippen LogP contribution in [0.5, 0.6) is 0 Å². The van der Waals surface area contributed by atoms with Gasteiger partial charge in [-0.2, -0.15) is 0 Å². The van der Waals surface area contributed by atoms with Gasteiger partial charge in [-0.25, -0.2) is 0 Å². The number of carbonyl (C=O) groups is 1. The van der Waals surface area contributed by atoms with Crippen molar-refractivity contribution in [3.8, 4) is 0 Å². The minimum atomic E-state index is -3.54. The number of hydrogen-bond acceptors (Lipinski definition) is 6. The molecule has 0 aliphatic carbocycles. The zero-order chi connectivity index (χ0) is 9.02. The number of nitrogens with two attached hydrogens (primary N) is 5. The molecule has 0 aromatic heterocycles. The third-order valence-electron chi connectivity index (χ3n) is 0. The van der Waals surface area contributed by atoms with Gasteiger partial charge >= 0.3 is 36.6 Å². The van der Waals surface area contributed by atoms with E-state index in [1.165, 1.54) is 0 Å². The molecule has 0 aromatic rings. The molecule has 68 valence electrons. The van der Waals surface area contributed by atoms with Crippen molar-refractivity contribution in [2.24, 2.45) is 23.9 Å². The fraction of sp³-hybridized carbons (Fsp3) is 0.500. The molecule has 0 unspecified atom stereocenters. The van der Waals surface area contributed by atoms with Gasteiger partial charge in [0.25, 0.3) is 5.97 Å². The first-order valence-corrected chi connectivity index (χ1v) is 4.90. The molecule has 10 heavy (non-hydrogen) atoms. The van der Waals surface area contributed by atoms with Gasteiger partial charge in [-0.05, 0) is 0 Å². The second-order valence-electron chi connectivity index (χ2n) is 1.63. The van der Waals surface area contributed by atoms with E-state index >= 15 is 0 Å². The summed E-state index contributed by atoms with van der Waals surface area (Å²) in [6, 6.07) is 0. The van der Waals surface area contributed by atoms with E-state index in [2.05, 4.69) is 0 Å². The Labute approximate surface area is 60.1 Å². The van der Waals surface area contributed by atoms with Crippen LogP contribution in [0.4, 0.5) is 0 Å². The average Bonchev–Trinajstić information content (AvgIpc) is 1.14. The predicted molar refractivity (Wildman–Crippen MR) is 34.2 cm³/mol. The molecule has 0 aliphatic heterocycles. The number of carboxylic acid groups (broad SMARTS) is 1. The van der Waals surface area contributed by atoms with Crippen molar-refractivity contribution in [1.82, 2.24) is 0 Å². The number of hydrogen-bond donors (Lipinski definition) is 6. The fourth-order valence-corrected chi connectivity index (χ4v) is 0. The molecule has 0 amide bonds. The van der Waals surface area contributed by atoms with Crippen LogP contribution >= 0.6 is 0 Å². The summed E-state index contributed by atoms with van der Waals surface area (Å²) in [6.07, 6.45) is 0. The molecule has 8 heteroatoms. The van der Waals surface area contributed by atoms with Gasteiger partial charge in [0.05, 0.1) is 0 Å². The third-order valence-corrected chi connectivity index (χ3v) is 0. The van der Waals surface area contributed by atoms with Crippen LogP contribution in [0.1, 0.15) is 6.92 Å². The second-order valence-corrected chi connectivity index (χ2v) is 5.10. The van der Waals surface area contributed by atoms with Gasteiger partial charge in [-0.1, -0.05) is 0 Å². The first-order valence-electron chi connectivity index (χ1n) is 1.89. The van der Waals surface area contributed by atoms with Crippen LogP contribution in [0.2, 0.25) is 0 Å². The van der Waals surface area contributed by atoms with Gasteiger partial charge in [0, 0.05) is 6.92 Å². The predicted octanol–water partition coefficient (Wildman–Crippen LogP) is -2.86. The molecule has 0 rings (SSSR count). The first-order chi connectivity index (χ1) is 3.97. The molecule has 0 bridgehead atoms. The Hall–Kier alpha value is -0.224. The first kappa shape index (κ1) is 12.5. The van der Waals surface area contributed by atoms with Crippen molar-refractivity contribution in [3.05, 3.63) is 0 Å². The van der Waals surface area contributed by atoms with E-state index in [4.69, 9.17) is 33.8 Å². The van der Waals surface area contributed by atoms with E-state index < -0.39 is 18.6 Å². The topological polar surface area (TPSA) is 167 Å². The molecule has 0 radical (unpaired) electrons. The van der Waals surface area contributed by atoms with Crippen LogP contribution < -0.4 is 23.9 Å². The SMILES string of the molecule is CC(=O)O.[NH2][Co]([NH2])([NH2])([NH2])[NH2]. The Morgan fingerprint density at radius 1 is 1.20 bits per heavy atom. The molecule has 0 aromatic carbocycles. The van der Waals surface area contributed by atoms with Crippen LogP contribution in [-0.2, 0) is 17.4 Å².